The second kappa shape index (κ2) is 12.4. The maximum Gasteiger partial charge on any atom is 0.193 e. The van der Waals surface area contributed by atoms with Crippen molar-refractivity contribution in [1.82, 2.24) is 4.90 Å². The monoisotopic (exact) mass is 367 g/mol. The topological polar surface area (TPSA) is 81.3 Å². The minimum atomic E-state index is -0.541. The summed E-state index contributed by atoms with van der Waals surface area (Å²) in [5, 5.41) is 9.75. The van der Waals surface area contributed by atoms with Crippen LogP contribution >= 0.6 is 11.6 Å². The average Bonchev–Trinajstić information content (AvgIpc) is 2.62. The number of likely N-dealkylation sites (N-methyl/N-ethyl adjacent to an activating group) is 1. The van der Waals surface area contributed by atoms with Gasteiger partial charge in [0.05, 0.1) is 0 Å². The van der Waals surface area contributed by atoms with Gasteiger partial charge in [-0.3, -0.25) is 4.79 Å². The van der Waals surface area contributed by atoms with Gasteiger partial charge in [-0.25, -0.2) is 0 Å². The molecule has 0 spiro atoms. The first-order valence-electron chi connectivity index (χ1n) is 7.59. The third-order valence-corrected chi connectivity index (χ3v) is 3.17. The molecule has 0 aromatic heterocycles. The molecular weight excluding hydrogens is 342 g/mol. The molecule has 0 saturated heterocycles. The third kappa shape index (κ3) is 8.14. The van der Waals surface area contributed by atoms with Gasteiger partial charge in [0, 0.05) is 24.1 Å². The van der Waals surface area contributed by atoms with Crippen LogP contribution in [-0.2, 0) is 0 Å². The lowest BCUT2D eigenvalue weighted by Gasteiger charge is -2.16. The van der Waals surface area contributed by atoms with E-state index < -0.39 is 6.10 Å². The van der Waals surface area contributed by atoms with Gasteiger partial charge >= 0.3 is 0 Å². The summed E-state index contributed by atoms with van der Waals surface area (Å²) in [6.07, 6.45) is 0.931. The molecule has 138 valence electrons. The van der Waals surface area contributed by atoms with Crippen LogP contribution in [0.1, 0.15) is 15.9 Å². The average molecular weight is 368 g/mol. The van der Waals surface area contributed by atoms with Crippen LogP contribution in [0.5, 0.6) is 5.75 Å². The summed E-state index contributed by atoms with van der Waals surface area (Å²) < 4.78 is 5.52. The molecular formula is C19H26ClNO4. The number of ether oxygens (including phenoxy) is 1. The Labute approximate surface area is 154 Å². The van der Waals surface area contributed by atoms with E-state index in [-0.39, 0.29) is 17.9 Å². The van der Waals surface area contributed by atoms with Gasteiger partial charge in [-0.2, -0.15) is 0 Å². The lowest BCUT2D eigenvalue weighted by molar-refractivity contribution is 0.0830. The Morgan fingerprint density at radius 1 is 1.04 bits per heavy atom. The van der Waals surface area contributed by atoms with Gasteiger partial charge in [0.2, 0.25) is 0 Å². The zero-order chi connectivity index (χ0) is 17.9. The summed E-state index contributed by atoms with van der Waals surface area (Å²) >= 11 is 4.64. The van der Waals surface area contributed by atoms with Crippen molar-refractivity contribution in [3.8, 4) is 5.75 Å². The van der Waals surface area contributed by atoms with Crippen molar-refractivity contribution >= 4 is 17.4 Å². The van der Waals surface area contributed by atoms with Crippen LogP contribution in [-0.4, -0.2) is 61.0 Å². The molecule has 3 N–H and O–H groups in total. The number of alkyl halides is 1. The zero-order valence-electron chi connectivity index (χ0n) is 14.8. The van der Waals surface area contributed by atoms with Crippen LogP contribution in [0.2, 0.25) is 0 Å². The fraction of sp³-hybridized carbons (Fsp3) is 0.316. The molecule has 6 heteroatoms. The Morgan fingerprint density at radius 3 is 2.08 bits per heavy atom. The van der Waals surface area contributed by atoms with Gasteiger partial charge < -0.3 is 20.2 Å². The molecule has 5 nitrogen and oxygen atoms in total. The smallest absolute Gasteiger partial charge is 0.193 e. The molecule has 0 aliphatic heterocycles. The van der Waals surface area contributed by atoms with Crippen molar-refractivity contribution in [3.63, 3.8) is 0 Å². The van der Waals surface area contributed by atoms with Crippen LogP contribution in [0, 0.1) is 0 Å². The van der Waals surface area contributed by atoms with E-state index >= 15 is 0 Å². The van der Waals surface area contributed by atoms with E-state index in [1.165, 1.54) is 6.38 Å². The van der Waals surface area contributed by atoms with E-state index in [1.807, 2.05) is 37.2 Å². The molecule has 0 fully saturated rings. The van der Waals surface area contributed by atoms with E-state index in [0.29, 0.717) is 23.4 Å². The van der Waals surface area contributed by atoms with Gasteiger partial charge in [0.25, 0.3) is 0 Å². The van der Waals surface area contributed by atoms with Crippen LogP contribution in [0.25, 0.3) is 0 Å². The predicted octanol–water partition coefficient (Wildman–Crippen LogP) is 2.25. The molecule has 0 saturated carbocycles. The second-order valence-electron chi connectivity index (χ2n) is 5.45. The summed E-state index contributed by atoms with van der Waals surface area (Å²) in [6, 6.07) is 16.1. The summed E-state index contributed by atoms with van der Waals surface area (Å²) in [5.74, 6) is 0.627. The van der Waals surface area contributed by atoms with Crippen molar-refractivity contribution in [3.05, 3.63) is 65.7 Å². The molecule has 0 aliphatic rings. The lowest BCUT2D eigenvalue weighted by Crippen LogP contribution is -2.30. The Kier molecular flexibility index (Phi) is 11.5. The van der Waals surface area contributed by atoms with E-state index in [2.05, 4.69) is 11.6 Å². The molecule has 0 aliphatic carbocycles. The summed E-state index contributed by atoms with van der Waals surface area (Å²) in [5.41, 5.74) is 1.28. The van der Waals surface area contributed by atoms with Crippen LogP contribution < -0.4 is 4.74 Å². The largest absolute Gasteiger partial charge is 0.491 e. The Morgan fingerprint density at radius 2 is 1.56 bits per heavy atom. The Bertz CT molecular complexity index is 603. The van der Waals surface area contributed by atoms with Gasteiger partial charge in [-0.05, 0) is 38.4 Å². The van der Waals surface area contributed by atoms with Crippen molar-refractivity contribution in [2.75, 3.05) is 33.6 Å². The highest BCUT2D eigenvalue weighted by Crippen LogP contribution is 2.15. The van der Waals surface area contributed by atoms with E-state index in [0.717, 1.165) is 0 Å². The first-order chi connectivity index (χ1) is 11.6. The highest BCUT2D eigenvalue weighted by molar-refractivity contribution is 6.15. The van der Waals surface area contributed by atoms with Crippen molar-refractivity contribution in [1.29, 1.82) is 0 Å². The van der Waals surface area contributed by atoms with Crippen LogP contribution in [0.4, 0.5) is 0 Å². The molecule has 2 aromatic carbocycles. The van der Waals surface area contributed by atoms with Gasteiger partial charge in [0.15, 0.2) is 5.78 Å². The number of rotatable bonds is 7. The predicted molar refractivity (Wildman–Crippen MR) is 102 cm³/mol. The molecule has 0 amide bonds. The van der Waals surface area contributed by atoms with Crippen molar-refractivity contribution in [2.45, 2.75) is 6.10 Å². The van der Waals surface area contributed by atoms with E-state index in [1.54, 1.807) is 36.4 Å². The van der Waals surface area contributed by atoms with Gasteiger partial charge in [-0.15, -0.1) is 11.6 Å². The summed E-state index contributed by atoms with van der Waals surface area (Å²) in [6.45, 7) is 0.773. The second-order valence-corrected chi connectivity index (χ2v) is 5.45. The number of hydrogen-bond acceptors (Lipinski definition) is 4. The first kappa shape index (κ1) is 23.1. The number of hydrogen-bond donors (Lipinski definition) is 1. The quantitative estimate of drug-likeness (QED) is 0.601. The zero-order valence-corrected chi connectivity index (χ0v) is 15.5. The maximum atomic E-state index is 12.3. The molecule has 2 aromatic rings. The number of benzene rings is 2. The fourth-order valence-electron chi connectivity index (χ4n) is 2.13. The number of nitrogens with zero attached hydrogens (tertiary/aromatic N) is 1. The fourth-order valence-corrected chi connectivity index (χ4v) is 2.13. The highest BCUT2D eigenvalue weighted by atomic mass is 35.5. The number of carbonyl (C=O) groups is 1. The minimum Gasteiger partial charge on any atom is -0.491 e. The molecule has 0 heterocycles. The number of aliphatic hydroxyl groups is 1. The number of carbonyl (C=O) groups excluding carboxylic acids is 1. The van der Waals surface area contributed by atoms with E-state index in [9.17, 15) is 9.90 Å². The molecule has 1 atom stereocenters. The van der Waals surface area contributed by atoms with Crippen LogP contribution in [0.3, 0.4) is 0 Å². The maximum absolute atomic E-state index is 12.3. The van der Waals surface area contributed by atoms with Crippen LogP contribution in [0.15, 0.2) is 54.6 Å². The Balaban J connectivity index is 0.00000185. The molecule has 2 rings (SSSR count). The SMILES string of the molecule is CCl.CN(C)CC(O)COc1ccc(C(=O)c2ccccc2)cc1.O. The highest BCUT2D eigenvalue weighted by Gasteiger charge is 2.09. The lowest BCUT2D eigenvalue weighted by atomic mass is 10.0. The normalized spacial score (nSPS) is 11.0. The van der Waals surface area contributed by atoms with E-state index in [4.69, 9.17) is 4.74 Å². The standard InChI is InChI=1S/C18H21NO3.CH3Cl.H2O/c1-19(2)12-16(20)13-22-17-10-8-15(9-11-17)18(21)14-6-4-3-5-7-14;1-2;/h3-11,16,20H,12-13H2,1-2H3;1H3;1H2. The van der Waals surface area contributed by atoms with Crippen molar-refractivity contribution in [2.24, 2.45) is 0 Å². The van der Waals surface area contributed by atoms with Gasteiger partial charge in [-0.1, -0.05) is 30.3 Å². The minimum absolute atomic E-state index is 0. The number of halogens is 1. The Hall–Kier alpha value is -1.92. The molecule has 0 radical (unpaired) electrons. The number of ketones is 1. The van der Waals surface area contributed by atoms with Crippen molar-refractivity contribution < 1.29 is 20.1 Å². The number of aliphatic hydroxyl groups excluding tert-OH is 1. The van der Waals surface area contributed by atoms with Gasteiger partial charge in [0.1, 0.15) is 18.5 Å². The molecule has 0 bridgehead atoms. The summed E-state index contributed by atoms with van der Waals surface area (Å²) in [7, 11) is 3.79. The first-order valence-corrected chi connectivity index (χ1v) is 8.35. The summed E-state index contributed by atoms with van der Waals surface area (Å²) in [4.78, 5) is 14.2. The molecule has 25 heavy (non-hydrogen) atoms. The molecule has 1 unspecified atom stereocenters. The third-order valence-electron chi connectivity index (χ3n) is 3.17.